The number of hydrogen-bond acceptors (Lipinski definition) is 1. The molecule has 0 aromatic heterocycles. The molecule has 0 heterocycles. The average molecular weight is 289 g/mol. The molecular weight excluding hydrogens is 268 g/mol. The molecule has 1 nitrogen and oxygen atoms in total. The molecule has 0 aliphatic rings. The SMILES string of the molecule is CCCNCc1cc(F)ccc1-c1c(C)cc(F)cc1C. The Labute approximate surface area is 125 Å². The minimum Gasteiger partial charge on any atom is -0.313 e. The van der Waals surface area contributed by atoms with Gasteiger partial charge in [-0.15, -0.1) is 0 Å². The lowest BCUT2D eigenvalue weighted by atomic mass is 9.92. The molecular formula is C18H21F2N. The van der Waals surface area contributed by atoms with Gasteiger partial charge in [0, 0.05) is 6.54 Å². The summed E-state index contributed by atoms with van der Waals surface area (Å²) in [6.07, 6.45) is 1.03. The van der Waals surface area contributed by atoms with E-state index in [4.69, 9.17) is 0 Å². The molecule has 0 atom stereocenters. The van der Waals surface area contributed by atoms with Gasteiger partial charge in [0.05, 0.1) is 0 Å². The molecule has 0 aliphatic heterocycles. The van der Waals surface area contributed by atoms with Crippen molar-refractivity contribution in [1.82, 2.24) is 5.32 Å². The van der Waals surface area contributed by atoms with Crippen LogP contribution in [0.15, 0.2) is 30.3 Å². The number of hydrogen-bond donors (Lipinski definition) is 1. The number of benzene rings is 2. The van der Waals surface area contributed by atoms with Gasteiger partial charge in [-0.25, -0.2) is 8.78 Å². The number of nitrogens with one attached hydrogen (secondary N) is 1. The standard InChI is InChI=1S/C18H21F2N/c1-4-7-21-11-14-10-15(19)5-6-17(14)18-12(2)8-16(20)9-13(18)3/h5-6,8-10,21H,4,7,11H2,1-3H3. The summed E-state index contributed by atoms with van der Waals surface area (Å²) in [5.74, 6) is -0.481. The maximum Gasteiger partial charge on any atom is 0.123 e. The first-order valence-electron chi connectivity index (χ1n) is 7.29. The highest BCUT2D eigenvalue weighted by Crippen LogP contribution is 2.31. The summed E-state index contributed by atoms with van der Waals surface area (Å²) in [7, 11) is 0. The van der Waals surface area contributed by atoms with Crippen LogP contribution in [0.25, 0.3) is 11.1 Å². The Morgan fingerprint density at radius 1 is 0.952 bits per heavy atom. The molecule has 0 saturated heterocycles. The molecule has 0 amide bonds. The van der Waals surface area contributed by atoms with Crippen LogP contribution in [0.1, 0.15) is 30.0 Å². The highest BCUT2D eigenvalue weighted by atomic mass is 19.1. The van der Waals surface area contributed by atoms with Crippen LogP contribution in [0.4, 0.5) is 8.78 Å². The van der Waals surface area contributed by atoms with Crippen molar-refractivity contribution in [2.45, 2.75) is 33.7 Å². The maximum atomic E-state index is 13.5. The molecule has 2 rings (SSSR count). The largest absolute Gasteiger partial charge is 0.313 e. The highest BCUT2D eigenvalue weighted by molar-refractivity contribution is 5.73. The van der Waals surface area contributed by atoms with Gasteiger partial charge in [-0.3, -0.25) is 0 Å². The third-order valence-electron chi connectivity index (χ3n) is 3.58. The molecule has 2 aromatic carbocycles. The van der Waals surface area contributed by atoms with Crippen LogP contribution < -0.4 is 5.32 Å². The van der Waals surface area contributed by atoms with E-state index in [1.807, 2.05) is 13.8 Å². The Hall–Kier alpha value is -1.74. The predicted octanol–water partition coefficient (Wildman–Crippen LogP) is 4.75. The van der Waals surface area contributed by atoms with E-state index < -0.39 is 0 Å². The zero-order chi connectivity index (χ0) is 15.4. The Bertz CT molecular complexity index is 612. The van der Waals surface area contributed by atoms with Gasteiger partial charge in [0.25, 0.3) is 0 Å². The molecule has 0 saturated carbocycles. The minimum absolute atomic E-state index is 0.235. The normalized spacial score (nSPS) is 10.9. The lowest BCUT2D eigenvalue weighted by Gasteiger charge is -2.15. The molecule has 21 heavy (non-hydrogen) atoms. The second-order valence-electron chi connectivity index (χ2n) is 5.39. The van der Waals surface area contributed by atoms with Gasteiger partial charge in [-0.2, -0.15) is 0 Å². The van der Waals surface area contributed by atoms with Crippen LogP contribution in [-0.2, 0) is 6.54 Å². The van der Waals surface area contributed by atoms with E-state index in [0.717, 1.165) is 40.8 Å². The first-order valence-corrected chi connectivity index (χ1v) is 7.29. The Morgan fingerprint density at radius 3 is 2.24 bits per heavy atom. The summed E-state index contributed by atoms with van der Waals surface area (Å²) in [6.45, 7) is 7.36. The highest BCUT2D eigenvalue weighted by Gasteiger charge is 2.12. The Kier molecular flexibility index (Phi) is 5.07. The van der Waals surface area contributed by atoms with E-state index in [1.54, 1.807) is 12.1 Å². The third-order valence-corrected chi connectivity index (χ3v) is 3.58. The van der Waals surface area contributed by atoms with Crippen molar-refractivity contribution in [3.8, 4) is 11.1 Å². The van der Waals surface area contributed by atoms with Gasteiger partial charge >= 0.3 is 0 Å². The van der Waals surface area contributed by atoms with Crippen molar-refractivity contribution in [2.24, 2.45) is 0 Å². The van der Waals surface area contributed by atoms with E-state index in [2.05, 4.69) is 12.2 Å². The van der Waals surface area contributed by atoms with E-state index in [0.29, 0.717) is 6.54 Å². The van der Waals surface area contributed by atoms with Crippen LogP contribution >= 0.6 is 0 Å². The van der Waals surface area contributed by atoms with Crippen LogP contribution in [0, 0.1) is 25.5 Å². The summed E-state index contributed by atoms with van der Waals surface area (Å²) in [6, 6.07) is 7.84. The summed E-state index contributed by atoms with van der Waals surface area (Å²) >= 11 is 0. The summed E-state index contributed by atoms with van der Waals surface area (Å²) in [4.78, 5) is 0. The molecule has 0 unspecified atom stereocenters. The number of aryl methyl sites for hydroxylation is 2. The first kappa shape index (κ1) is 15.6. The zero-order valence-electron chi connectivity index (χ0n) is 12.8. The topological polar surface area (TPSA) is 12.0 Å². The molecule has 0 bridgehead atoms. The average Bonchev–Trinajstić information content (AvgIpc) is 2.40. The fourth-order valence-electron chi connectivity index (χ4n) is 2.69. The van der Waals surface area contributed by atoms with Crippen molar-refractivity contribution in [2.75, 3.05) is 6.54 Å². The molecule has 3 heteroatoms. The van der Waals surface area contributed by atoms with E-state index in [-0.39, 0.29) is 11.6 Å². The van der Waals surface area contributed by atoms with Crippen LogP contribution in [0.5, 0.6) is 0 Å². The molecule has 0 spiro atoms. The zero-order valence-corrected chi connectivity index (χ0v) is 12.8. The Morgan fingerprint density at radius 2 is 1.62 bits per heavy atom. The second kappa shape index (κ2) is 6.81. The fraction of sp³-hybridized carbons (Fsp3) is 0.333. The summed E-state index contributed by atoms with van der Waals surface area (Å²) < 4.78 is 27.0. The van der Waals surface area contributed by atoms with Crippen molar-refractivity contribution in [3.63, 3.8) is 0 Å². The minimum atomic E-state index is -0.246. The van der Waals surface area contributed by atoms with Gasteiger partial charge in [0.15, 0.2) is 0 Å². The monoisotopic (exact) mass is 289 g/mol. The van der Waals surface area contributed by atoms with Gasteiger partial charge in [-0.1, -0.05) is 13.0 Å². The molecule has 0 radical (unpaired) electrons. The number of halogens is 2. The third kappa shape index (κ3) is 3.67. The molecule has 112 valence electrons. The maximum absolute atomic E-state index is 13.5. The summed E-state index contributed by atoms with van der Waals surface area (Å²) in [5, 5.41) is 3.30. The lowest BCUT2D eigenvalue weighted by molar-refractivity contribution is 0.619. The van der Waals surface area contributed by atoms with Crippen molar-refractivity contribution >= 4 is 0 Å². The fourth-order valence-corrected chi connectivity index (χ4v) is 2.69. The lowest BCUT2D eigenvalue weighted by Crippen LogP contribution is -2.14. The van der Waals surface area contributed by atoms with Gasteiger partial charge < -0.3 is 5.32 Å². The Balaban J connectivity index is 2.48. The second-order valence-corrected chi connectivity index (χ2v) is 5.39. The van der Waals surface area contributed by atoms with E-state index in [9.17, 15) is 8.78 Å². The van der Waals surface area contributed by atoms with Gasteiger partial charge in [0.2, 0.25) is 0 Å². The van der Waals surface area contributed by atoms with Crippen LogP contribution in [0.3, 0.4) is 0 Å². The molecule has 1 N–H and O–H groups in total. The van der Waals surface area contributed by atoms with Gasteiger partial charge in [-0.05, 0) is 78.9 Å². The van der Waals surface area contributed by atoms with Gasteiger partial charge in [0.1, 0.15) is 11.6 Å². The van der Waals surface area contributed by atoms with Crippen molar-refractivity contribution < 1.29 is 8.78 Å². The smallest absolute Gasteiger partial charge is 0.123 e. The molecule has 0 fully saturated rings. The quantitative estimate of drug-likeness (QED) is 0.783. The van der Waals surface area contributed by atoms with Crippen LogP contribution in [0.2, 0.25) is 0 Å². The van der Waals surface area contributed by atoms with Crippen molar-refractivity contribution in [1.29, 1.82) is 0 Å². The first-order chi connectivity index (χ1) is 10.0. The predicted molar refractivity (Wildman–Crippen MR) is 83.3 cm³/mol. The van der Waals surface area contributed by atoms with Crippen molar-refractivity contribution in [3.05, 3.63) is 58.7 Å². The van der Waals surface area contributed by atoms with E-state index >= 15 is 0 Å². The molecule has 2 aromatic rings. The van der Waals surface area contributed by atoms with E-state index in [1.165, 1.54) is 18.2 Å². The number of rotatable bonds is 5. The summed E-state index contributed by atoms with van der Waals surface area (Å²) in [5.41, 5.74) is 4.60. The van der Waals surface area contributed by atoms with Crippen LogP contribution in [-0.4, -0.2) is 6.54 Å². The molecule has 0 aliphatic carbocycles.